The molecule has 1 atom stereocenters. The van der Waals surface area contributed by atoms with Crippen molar-refractivity contribution in [3.8, 4) is 5.75 Å². The minimum atomic E-state index is -0.471. The lowest BCUT2D eigenvalue weighted by Gasteiger charge is -2.39. The largest absolute Gasteiger partial charge is 0.490 e. The Morgan fingerprint density at radius 1 is 1.60 bits per heavy atom. The van der Waals surface area contributed by atoms with Crippen LogP contribution in [0.15, 0.2) is 18.3 Å². The van der Waals surface area contributed by atoms with Gasteiger partial charge < -0.3 is 4.74 Å². The summed E-state index contributed by atoms with van der Waals surface area (Å²) in [4.78, 5) is 5.89. The van der Waals surface area contributed by atoms with Crippen LogP contribution in [-0.4, -0.2) is 35.6 Å². The Morgan fingerprint density at radius 2 is 2.47 bits per heavy atom. The van der Waals surface area contributed by atoms with Gasteiger partial charge in [-0.05, 0) is 25.1 Å². The highest BCUT2D eigenvalue weighted by molar-refractivity contribution is 5.16. The van der Waals surface area contributed by atoms with Gasteiger partial charge in [-0.1, -0.05) is 6.92 Å². The normalized spacial score (nSPS) is 21.1. The molecular weight excluding hydrogens is 195 g/mol. The molecule has 1 aliphatic rings. The van der Waals surface area contributed by atoms with E-state index in [-0.39, 0.29) is 0 Å². The fraction of sp³-hybridized carbons (Fsp3) is 0.545. The average Bonchev–Trinajstić information content (AvgIpc) is 2.20. The van der Waals surface area contributed by atoms with E-state index >= 15 is 0 Å². The molecule has 15 heavy (non-hydrogen) atoms. The number of aromatic nitrogens is 1. The summed E-state index contributed by atoms with van der Waals surface area (Å²) in [5.74, 6) is 0.167. The number of halogens is 1. The van der Waals surface area contributed by atoms with Crippen molar-refractivity contribution >= 4 is 0 Å². The van der Waals surface area contributed by atoms with Crippen molar-refractivity contribution in [1.82, 2.24) is 9.88 Å². The van der Waals surface area contributed by atoms with Crippen molar-refractivity contribution in [2.24, 2.45) is 0 Å². The van der Waals surface area contributed by atoms with Crippen LogP contribution in [0.2, 0.25) is 0 Å². The number of likely N-dealkylation sites (tertiary alicyclic amines) is 1. The van der Waals surface area contributed by atoms with Crippen LogP contribution in [0.3, 0.4) is 0 Å². The number of hydrogen-bond acceptors (Lipinski definition) is 3. The maximum absolute atomic E-state index is 12.5. The van der Waals surface area contributed by atoms with Crippen LogP contribution in [0.25, 0.3) is 0 Å². The molecule has 1 saturated heterocycles. The van der Waals surface area contributed by atoms with Gasteiger partial charge in [-0.3, -0.25) is 4.90 Å². The minimum Gasteiger partial charge on any atom is -0.490 e. The van der Waals surface area contributed by atoms with Gasteiger partial charge in [-0.15, -0.1) is 0 Å². The van der Waals surface area contributed by atoms with Crippen LogP contribution < -0.4 is 4.74 Å². The molecule has 82 valence electrons. The van der Waals surface area contributed by atoms with Crippen LogP contribution in [0.4, 0.5) is 4.39 Å². The topological polar surface area (TPSA) is 25.4 Å². The van der Waals surface area contributed by atoms with E-state index in [9.17, 15) is 4.39 Å². The van der Waals surface area contributed by atoms with Gasteiger partial charge >= 0.3 is 0 Å². The molecule has 0 radical (unpaired) electrons. The highest BCUT2D eigenvalue weighted by atomic mass is 19.1. The second-order valence-electron chi connectivity index (χ2n) is 3.70. The van der Waals surface area contributed by atoms with Gasteiger partial charge in [0.15, 0.2) is 0 Å². The van der Waals surface area contributed by atoms with Crippen LogP contribution >= 0.6 is 0 Å². The molecule has 0 amide bonds. The second-order valence-corrected chi connectivity index (χ2v) is 3.70. The van der Waals surface area contributed by atoms with E-state index in [1.54, 1.807) is 6.07 Å². The van der Waals surface area contributed by atoms with Gasteiger partial charge in [0.25, 0.3) is 0 Å². The molecular formula is C11H15FN2O. The SMILES string of the molecule is CCN1CC[C@@H]1COc1ccc(F)nc1. The third kappa shape index (κ3) is 2.45. The lowest BCUT2D eigenvalue weighted by atomic mass is 10.1. The Hall–Kier alpha value is -1.16. The van der Waals surface area contributed by atoms with E-state index in [4.69, 9.17) is 4.74 Å². The Kier molecular flexibility index (Phi) is 3.16. The summed E-state index contributed by atoms with van der Waals surface area (Å²) in [5, 5.41) is 0. The van der Waals surface area contributed by atoms with Gasteiger partial charge in [-0.25, -0.2) is 4.98 Å². The first-order chi connectivity index (χ1) is 7.29. The highest BCUT2D eigenvalue weighted by Gasteiger charge is 2.26. The predicted octanol–water partition coefficient (Wildman–Crippen LogP) is 1.69. The first-order valence-electron chi connectivity index (χ1n) is 5.28. The van der Waals surface area contributed by atoms with E-state index < -0.39 is 5.95 Å². The van der Waals surface area contributed by atoms with Gasteiger partial charge in [0, 0.05) is 12.6 Å². The summed E-state index contributed by atoms with van der Waals surface area (Å²) >= 11 is 0. The van der Waals surface area contributed by atoms with E-state index in [1.807, 2.05) is 0 Å². The Balaban J connectivity index is 1.80. The summed E-state index contributed by atoms with van der Waals surface area (Å²) in [6.07, 6.45) is 2.60. The fourth-order valence-corrected chi connectivity index (χ4v) is 1.74. The first kappa shape index (κ1) is 10.4. The fourth-order valence-electron chi connectivity index (χ4n) is 1.74. The van der Waals surface area contributed by atoms with E-state index in [1.165, 1.54) is 18.7 Å². The summed E-state index contributed by atoms with van der Waals surface area (Å²) in [6, 6.07) is 3.44. The van der Waals surface area contributed by atoms with Crippen molar-refractivity contribution < 1.29 is 9.13 Å². The first-order valence-corrected chi connectivity index (χ1v) is 5.28. The molecule has 0 bridgehead atoms. The summed E-state index contributed by atoms with van der Waals surface area (Å²) < 4.78 is 18.0. The van der Waals surface area contributed by atoms with Crippen molar-refractivity contribution in [2.75, 3.05) is 19.7 Å². The van der Waals surface area contributed by atoms with Crippen molar-refractivity contribution in [2.45, 2.75) is 19.4 Å². The number of hydrogen-bond donors (Lipinski definition) is 0. The molecule has 4 heteroatoms. The summed E-state index contributed by atoms with van der Waals surface area (Å²) in [6.45, 7) is 5.04. The van der Waals surface area contributed by atoms with Crippen LogP contribution in [-0.2, 0) is 0 Å². The lowest BCUT2D eigenvalue weighted by molar-refractivity contribution is 0.0559. The third-order valence-corrected chi connectivity index (χ3v) is 2.81. The van der Waals surface area contributed by atoms with E-state index in [0.717, 1.165) is 13.1 Å². The summed E-state index contributed by atoms with van der Waals surface area (Å²) in [5.41, 5.74) is 0. The number of pyridine rings is 1. The van der Waals surface area contributed by atoms with E-state index in [2.05, 4.69) is 16.8 Å². The summed E-state index contributed by atoms with van der Waals surface area (Å²) in [7, 11) is 0. The molecule has 2 rings (SSSR count). The molecule has 3 nitrogen and oxygen atoms in total. The molecule has 0 saturated carbocycles. The molecule has 1 aromatic rings. The Morgan fingerprint density at radius 3 is 3.00 bits per heavy atom. The number of likely N-dealkylation sites (N-methyl/N-ethyl adjacent to an activating group) is 1. The average molecular weight is 210 g/mol. The van der Waals surface area contributed by atoms with Crippen LogP contribution in [0, 0.1) is 5.95 Å². The van der Waals surface area contributed by atoms with Crippen molar-refractivity contribution in [3.05, 3.63) is 24.3 Å². The minimum absolute atomic E-state index is 0.471. The van der Waals surface area contributed by atoms with Gasteiger partial charge in [0.2, 0.25) is 5.95 Å². The smallest absolute Gasteiger partial charge is 0.213 e. The monoisotopic (exact) mass is 210 g/mol. The molecule has 1 aromatic heterocycles. The molecule has 2 heterocycles. The lowest BCUT2D eigenvalue weighted by Crippen LogP contribution is -2.50. The number of rotatable bonds is 4. The predicted molar refractivity (Wildman–Crippen MR) is 55.3 cm³/mol. The third-order valence-electron chi connectivity index (χ3n) is 2.81. The molecule has 0 N–H and O–H groups in total. The molecule has 1 aliphatic heterocycles. The quantitative estimate of drug-likeness (QED) is 0.707. The number of nitrogens with zero attached hydrogens (tertiary/aromatic N) is 2. The van der Waals surface area contributed by atoms with Crippen LogP contribution in [0.5, 0.6) is 5.75 Å². The standard InChI is InChI=1S/C11H15FN2O/c1-2-14-6-5-9(14)8-15-10-3-4-11(12)13-7-10/h3-4,7,9H,2,5-6,8H2,1H3/t9-/m1/s1. The zero-order valence-corrected chi connectivity index (χ0v) is 8.82. The zero-order valence-electron chi connectivity index (χ0n) is 8.82. The maximum Gasteiger partial charge on any atom is 0.213 e. The van der Waals surface area contributed by atoms with Crippen molar-refractivity contribution in [3.63, 3.8) is 0 Å². The maximum atomic E-state index is 12.5. The Bertz CT molecular complexity index is 313. The highest BCUT2D eigenvalue weighted by Crippen LogP contribution is 2.18. The molecule has 0 spiro atoms. The van der Waals surface area contributed by atoms with Gasteiger partial charge in [-0.2, -0.15) is 4.39 Å². The van der Waals surface area contributed by atoms with Gasteiger partial charge in [0.1, 0.15) is 12.4 Å². The zero-order chi connectivity index (χ0) is 10.7. The van der Waals surface area contributed by atoms with Crippen LogP contribution in [0.1, 0.15) is 13.3 Å². The van der Waals surface area contributed by atoms with Gasteiger partial charge in [0.05, 0.1) is 6.20 Å². The van der Waals surface area contributed by atoms with Crippen molar-refractivity contribution in [1.29, 1.82) is 0 Å². The molecule has 0 unspecified atom stereocenters. The Labute approximate surface area is 88.9 Å². The molecule has 1 fully saturated rings. The van der Waals surface area contributed by atoms with E-state index in [0.29, 0.717) is 18.4 Å². The molecule has 0 aromatic carbocycles. The second kappa shape index (κ2) is 4.57. The number of ether oxygens (including phenoxy) is 1. The molecule has 0 aliphatic carbocycles.